The molecule has 1 aromatic carbocycles. The van der Waals surface area contributed by atoms with Crippen molar-refractivity contribution in [1.82, 2.24) is 5.32 Å². The highest BCUT2D eigenvalue weighted by atomic mass is 32.1. The molecule has 1 aliphatic heterocycles. The normalized spacial score (nSPS) is 19.4. The topological polar surface area (TPSA) is 137 Å². The quantitative estimate of drug-likeness (QED) is 0.211. The Balaban J connectivity index is 1.87. The van der Waals surface area contributed by atoms with E-state index in [1.54, 1.807) is 25.2 Å². The molecule has 196 valence electrons. The number of phenolic OH excluding ortho intramolecular Hbond substituents is 1. The zero-order chi connectivity index (χ0) is 26.7. The van der Waals surface area contributed by atoms with E-state index in [-0.39, 0.29) is 54.8 Å². The summed E-state index contributed by atoms with van der Waals surface area (Å²) in [5.74, 6) is -2.51. The fraction of sp³-hybridized carbons (Fsp3) is 0.385. The molecule has 0 saturated carbocycles. The first-order chi connectivity index (χ1) is 17.8. The molecule has 2 heterocycles. The van der Waals surface area contributed by atoms with E-state index in [2.05, 4.69) is 5.32 Å². The molecule has 37 heavy (non-hydrogen) atoms. The number of rotatable bonds is 9. The summed E-state index contributed by atoms with van der Waals surface area (Å²) in [6.07, 6.45) is 0.779. The molecule has 0 spiro atoms. The number of Topliss-reactive ketones (excluding diaryl/α,β-unsaturated/α-hetero) is 1. The number of methoxy groups -OCH3 is 1. The Kier molecular flexibility index (Phi) is 7.94. The van der Waals surface area contributed by atoms with Crippen molar-refractivity contribution in [3.8, 4) is 11.5 Å². The maximum absolute atomic E-state index is 13.6. The van der Waals surface area contributed by atoms with Gasteiger partial charge in [-0.15, -0.1) is 11.3 Å². The third-order valence-corrected chi connectivity index (χ3v) is 7.46. The molecular formula is C26H28N2O8S. The van der Waals surface area contributed by atoms with Gasteiger partial charge >= 0.3 is 11.7 Å². The second kappa shape index (κ2) is 11.1. The van der Waals surface area contributed by atoms with Gasteiger partial charge in [-0.1, -0.05) is 6.07 Å². The van der Waals surface area contributed by atoms with Crippen molar-refractivity contribution >= 4 is 28.8 Å². The summed E-state index contributed by atoms with van der Waals surface area (Å²) >= 11 is 1.58. The van der Waals surface area contributed by atoms with Gasteiger partial charge in [0.1, 0.15) is 6.61 Å². The summed E-state index contributed by atoms with van der Waals surface area (Å²) in [6.45, 7) is 3.72. The van der Waals surface area contributed by atoms with E-state index in [1.807, 2.05) is 17.5 Å². The Hall–Kier alpha value is -3.70. The number of nitrogens with zero attached hydrogens (tertiary/aromatic N) is 1. The summed E-state index contributed by atoms with van der Waals surface area (Å²) < 4.78 is 15.9. The number of allylic oxidation sites excluding steroid dienone is 3. The number of nitrogens with one attached hydrogen (secondary N) is 1. The predicted molar refractivity (Wildman–Crippen MR) is 136 cm³/mol. The van der Waals surface area contributed by atoms with E-state index in [9.17, 15) is 24.8 Å². The molecule has 1 aromatic heterocycles. The third kappa shape index (κ3) is 5.23. The summed E-state index contributed by atoms with van der Waals surface area (Å²) in [4.78, 5) is 39.1. The average molecular weight is 529 g/mol. The molecule has 2 atom stereocenters. The molecule has 2 aromatic rings. The molecule has 11 heteroatoms. The molecule has 2 aliphatic rings. The number of ketones is 1. The van der Waals surface area contributed by atoms with Gasteiger partial charge in [-0.25, -0.2) is 4.79 Å². The lowest BCUT2D eigenvalue weighted by atomic mass is 9.72. The molecule has 2 N–H and O–H groups in total. The smallest absolute Gasteiger partial charge is 0.336 e. The second-order valence-corrected chi connectivity index (χ2v) is 9.72. The van der Waals surface area contributed by atoms with Crippen LogP contribution in [0.1, 0.15) is 49.0 Å². The number of ether oxygens (including phenoxy) is 3. The van der Waals surface area contributed by atoms with Crippen LogP contribution in [-0.2, 0) is 19.1 Å². The first-order valence-electron chi connectivity index (χ1n) is 11.8. The maximum atomic E-state index is 13.6. The van der Waals surface area contributed by atoms with E-state index >= 15 is 0 Å². The standard InChI is InChI=1S/C26H28N2O8S/c1-4-35-20-13-16(11-18(25(20)30)28(32)33)23-22(26(31)36-8-7-34-3)14(2)27-17-10-15(12-19(29)24(17)23)21-6-5-9-37-21/h5-6,9,11,13,15,23,27,30H,4,7-8,10,12H2,1-3H3/t15-,23-/m0/s1. The third-order valence-electron chi connectivity index (χ3n) is 6.42. The SMILES string of the molecule is CCOc1cc([C@H]2C(C(=O)OCCOC)=C(C)NC3=C2C(=O)C[C@@H](c2cccs2)C3)cc([N+](=O)[O-])c1O. The highest BCUT2D eigenvalue weighted by molar-refractivity contribution is 7.10. The Bertz CT molecular complexity index is 1280. The Morgan fingerprint density at radius 1 is 1.30 bits per heavy atom. The molecule has 1 aliphatic carbocycles. The summed E-state index contributed by atoms with van der Waals surface area (Å²) in [7, 11) is 1.48. The number of phenols is 1. The lowest BCUT2D eigenvalue weighted by Crippen LogP contribution is -2.36. The van der Waals surface area contributed by atoms with Crippen molar-refractivity contribution in [2.75, 3.05) is 26.9 Å². The number of hydrogen-bond acceptors (Lipinski definition) is 10. The van der Waals surface area contributed by atoms with Crippen LogP contribution >= 0.6 is 11.3 Å². The van der Waals surface area contributed by atoms with E-state index < -0.39 is 28.2 Å². The Labute approximate surface area is 217 Å². The van der Waals surface area contributed by atoms with E-state index in [0.29, 0.717) is 23.4 Å². The fourth-order valence-corrected chi connectivity index (χ4v) is 5.68. The fourth-order valence-electron chi connectivity index (χ4n) is 4.85. The number of aromatic hydroxyl groups is 1. The number of nitro benzene ring substituents is 1. The van der Waals surface area contributed by atoms with Crippen LogP contribution in [0.2, 0.25) is 0 Å². The number of hydrogen-bond donors (Lipinski definition) is 2. The number of esters is 1. The number of carbonyl (C=O) groups excluding carboxylic acids is 2. The average Bonchev–Trinajstić information content (AvgIpc) is 3.39. The second-order valence-electron chi connectivity index (χ2n) is 8.74. The minimum absolute atomic E-state index is 0.000935. The van der Waals surface area contributed by atoms with E-state index in [1.165, 1.54) is 19.2 Å². The van der Waals surface area contributed by atoms with Crippen molar-refractivity contribution in [3.63, 3.8) is 0 Å². The van der Waals surface area contributed by atoms with Crippen LogP contribution in [0.25, 0.3) is 0 Å². The number of nitro groups is 1. The summed E-state index contributed by atoms with van der Waals surface area (Å²) in [5, 5.41) is 27.4. The first-order valence-corrected chi connectivity index (χ1v) is 12.7. The molecule has 0 fully saturated rings. The molecule has 0 unspecified atom stereocenters. The van der Waals surface area contributed by atoms with Gasteiger partial charge in [0.25, 0.3) is 0 Å². The van der Waals surface area contributed by atoms with Gasteiger partial charge in [-0.3, -0.25) is 14.9 Å². The Morgan fingerprint density at radius 2 is 2.08 bits per heavy atom. The monoisotopic (exact) mass is 528 g/mol. The molecular weight excluding hydrogens is 500 g/mol. The van der Waals surface area contributed by atoms with Gasteiger partial charge in [0, 0.05) is 53.3 Å². The van der Waals surface area contributed by atoms with Crippen LogP contribution in [0.3, 0.4) is 0 Å². The van der Waals surface area contributed by atoms with Gasteiger partial charge in [0.05, 0.1) is 23.7 Å². The van der Waals surface area contributed by atoms with Crippen molar-refractivity contribution < 1.29 is 33.8 Å². The van der Waals surface area contributed by atoms with Crippen LogP contribution in [0.5, 0.6) is 11.5 Å². The predicted octanol–water partition coefficient (Wildman–Crippen LogP) is 4.31. The van der Waals surface area contributed by atoms with Crippen molar-refractivity contribution in [3.05, 3.63) is 72.7 Å². The molecule has 0 saturated heterocycles. The first kappa shape index (κ1) is 26.4. The van der Waals surface area contributed by atoms with Gasteiger partial charge in [-0.2, -0.15) is 0 Å². The van der Waals surface area contributed by atoms with Gasteiger partial charge < -0.3 is 24.6 Å². The summed E-state index contributed by atoms with van der Waals surface area (Å²) in [6, 6.07) is 6.57. The molecule has 10 nitrogen and oxygen atoms in total. The van der Waals surface area contributed by atoms with E-state index in [0.717, 1.165) is 4.88 Å². The van der Waals surface area contributed by atoms with Crippen molar-refractivity contribution in [2.24, 2.45) is 0 Å². The van der Waals surface area contributed by atoms with Crippen molar-refractivity contribution in [1.29, 1.82) is 0 Å². The van der Waals surface area contributed by atoms with Crippen LogP contribution < -0.4 is 10.1 Å². The van der Waals surface area contributed by atoms with Gasteiger partial charge in [0.15, 0.2) is 11.5 Å². The Morgan fingerprint density at radius 3 is 2.73 bits per heavy atom. The van der Waals surface area contributed by atoms with Crippen molar-refractivity contribution in [2.45, 2.75) is 38.5 Å². The van der Waals surface area contributed by atoms with Crippen LogP contribution in [0.15, 0.2) is 52.2 Å². The summed E-state index contributed by atoms with van der Waals surface area (Å²) in [5.41, 5.74) is 1.38. The number of benzene rings is 1. The van der Waals surface area contributed by atoms with Crippen LogP contribution in [-0.4, -0.2) is 48.7 Å². The highest BCUT2D eigenvalue weighted by Gasteiger charge is 2.42. The zero-order valence-corrected chi connectivity index (χ0v) is 21.6. The molecule has 0 amide bonds. The number of dihydropyridines is 1. The molecule has 0 radical (unpaired) electrons. The van der Waals surface area contributed by atoms with Crippen LogP contribution in [0, 0.1) is 10.1 Å². The zero-order valence-electron chi connectivity index (χ0n) is 20.7. The number of thiophene rings is 1. The largest absolute Gasteiger partial charge is 0.500 e. The number of carbonyl (C=O) groups is 2. The molecule has 0 bridgehead atoms. The molecule has 4 rings (SSSR count). The van der Waals surface area contributed by atoms with E-state index in [4.69, 9.17) is 14.2 Å². The van der Waals surface area contributed by atoms with Crippen LogP contribution in [0.4, 0.5) is 5.69 Å². The lowest BCUT2D eigenvalue weighted by Gasteiger charge is -2.36. The minimum Gasteiger partial charge on any atom is -0.500 e. The lowest BCUT2D eigenvalue weighted by molar-refractivity contribution is -0.386. The van der Waals surface area contributed by atoms with Gasteiger partial charge in [0.2, 0.25) is 5.75 Å². The maximum Gasteiger partial charge on any atom is 0.336 e. The highest BCUT2D eigenvalue weighted by Crippen LogP contribution is 2.49. The minimum atomic E-state index is -0.943. The van der Waals surface area contributed by atoms with Gasteiger partial charge in [-0.05, 0) is 43.3 Å².